The first-order chi connectivity index (χ1) is 8.20. The molecule has 2 fully saturated rings. The number of rotatable bonds is 9. The van der Waals surface area contributed by atoms with Crippen molar-refractivity contribution in [1.29, 1.82) is 0 Å². The van der Waals surface area contributed by atoms with Crippen molar-refractivity contribution in [3.05, 3.63) is 0 Å². The van der Waals surface area contributed by atoms with Crippen LogP contribution in [-0.4, -0.2) is 24.8 Å². The monoisotopic (exact) mass is 239 g/mol. The largest absolute Gasteiger partial charge is 0.375 e. The SMILES string of the molecule is CC(C)CCCOC1(CCNC2CC2)CCC1. The Labute approximate surface area is 107 Å². The molecule has 0 unspecified atom stereocenters. The zero-order chi connectivity index (χ0) is 12.1. The van der Waals surface area contributed by atoms with Gasteiger partial charge in [-0.15, -0.1) is 0 Å². The molecule has 17 heavy (non-hydrogen) atoms. The van der Waals surface area contributed by atoms with Crippen molar-refractivity contribution in [3.63, 3.8) is 0 Å². The van der Waals surface area contributed by atoms with Crippen LogP contribution < -0.4 is 5.32 Å². The third kappa shape index (κ3) is 4.59. The fraction of sp³-hybridized carbons (Fsp3) is 1.00. The molecule has 0 aromatic rings. The first-order valence-electron chi connectivity index (χ1n) is 7.58. The molecule has 2 rings (SSSR count). The average Bonchev–Trinajstić information content (AvgIpc) is 3.02. The highest BCUT2D eigenvalue weighted by atomic mass is 16.5. The van der Waals surface area contributed by atoms with Crippen molar-refractivity contribution in [2.45, 2.75) is 76.9 Å². The van der Waals surface area contributed by atoms with E-state index in [-0.39, 0.29) is 5.60 Å². The first-order valence-corrected chi connectivity index (χ1v) is 7.58. The molecule has 0 bridgehead atoms. The third-order valence-corrected chi connectivity index (χ3v) is 4.19. The van der Waals surface area contributed by atoms with E-state index in [4.69, 9.17) is 4.74 Å². The van der Waals surface area contributed by atoms with Gasteiger partial charge in [0.25, 0.3) is 0 Å². The molecule has 2 aliphatic carbocycles. The van der Waals surface area contributed by atoms with E-state index in [1.165, 1.54) is 51.4 Å². The summed E-state index contributed by atoms with van der Waals surface area (Å²) in [7, 11) is 0. The molecule has 0 saturated heterocycles. The second-order valence-electron chi connectivity index (χ2n) is 6.40. The highest BCUT2D eigenvalue weighted by Crippen LogP contribution is 2.38. The Morgan fingerprint density at radius 1 is 1.29 bits per heavy atom. The van der Waals surface area contributed by atoms with Crippen molar-refractivity contribution in [3.8, 4) is 0 Å². The Balaban J connectivity index is 1.56. The minimum atomic E-state index is 0.263. The molecule has 2 saturated carbocycles. The normalized spacial score (nSPS) is 22.8. The quantitative estimate of drug-likeness (QED) is 0.622. The maximum absolute atomic E-state index is 6.18. The number of hydrogen-bond acceptors (Lipinski definition) is 2. The summed E-state index contributed by atoms with van der Waals surface area (Å²) in [6, 6.07) is 0.841. The Morgan fingerprint density at radius 2 is 2.06 bits per heavy atom. The van der Waals surface area contributed by atoms with Gasteiger partial charge in [0.15, 0.2) is 0 Å². The second kappa shape index (κ2) is 6.19. The molecule has 0 heterocycles. The lowest BCUT2D eigenvalue weighted by Crippen LogP contribution is -2.43. The highest BCUT2D eigenvalue weighted by molar-refractivity contribution is 4.91. The van der Waals surface area contributed by atoms with Gasteiger partial charge in [-0.2, -0.15) is 0 Å². The summed E-state index contributed by atoms with van der Waals surface area (Å²) in [6.45, 7) is 6.72. The Hall–Kier alpha value is -0.0800. The molecule has 0 amide bonds. The van der Waals surface area contributed by atoms with Gasteiger partial charge in [-0.05, 0) is 63.8 Å². The van der Waals surface area contributed by atoms with Gasteiger partial charge in [0, 0.05) is 12.6 Å². The molecule has 1 N–H and O–H groups in total. The van der Waals surface area contributed by atoms with Gasteiger partial charge < -0.3 is 10.1 Å². The molecule has 0 aromatic heterocycles. The van der Waals surface area contributed by atoms with Crippen LogP contribution in [0.4, 0.5) is 0 Å². The van der Waals surface area contributed by atoms with Crippen LogP contribution in [0, 0.1) is 5.92 Å². The van der Waals surface area contributed by atoms with Gasteiger partial charge in [-0.3, -0.25) is 0 Å². The van der Waals surface area contributed by atoms with Crippen LogP contribution in [0.2, 0.25) is 0 Å². The Kier molecular flexibility index (Phi) is 4.87. The summed E-state index contributed by atoms with van der Waals surface area (Å²) in [5.41, 5.74) is 0.263. The van der Waals surface area contributed by atoms with Crippen LogP contribution in [0.25, 0.3) is 0 Å². The lowest BCUT2D eigenvalue weighted by Gasteiger charge is -2.42. The summed E-state index contributed by atoms with van der Waals surface area (Å²) < 4.78 is 6.18. The third-order valence-electron chi connectivity index (χ3n) is 4.19. The van der Waals surface area contributed by atoms with Crippen molar-refractivity contribution in [1.82, 2.24) is 5.32 Å². The summed E-state index contributed by atoms with van der Waals surface area (Å²) >= 11 is 0. The van der Waals surface area contributed by atoms with Crippen molar-refractivity contribution in [2.75, 3.05) is 13.2 Å². The van der Waals surface area contributed by atoms with Gasteiger partial charge >= 0.3 is 0 Å². The van der Waals surface area contributed by atoms with Gasteiger partial charge in [0.05, 0.1) is 5.60 Å². The molecule has 2 nitrogen and oxygen atoms in total. The second-order valence-corrected chi connectivity index (χ2v) is 6.40. The summed E-state index contributed by atoms with van der Waals surface area (Å²) in [6.07, 6.45) is 10.5. The van der Waals surface area contributed by atoms with Crippen LogP contribution in [0.5, 0.6) is 0 Å². The van der Waals surface area contributed by atoms with Gasteiger partial charge in [-0.1, -0.05) is 13.8 Å². The maximum Gasteiger partial charge on any atom is 0.0694 e. The molecule has 2 heteroatoms. The van der Waals surface area contributed by atoms with E-state index in [1.807, 2.05) is 0 Å². The van der Waals surface area contributed by atoms with E-state index in [1.54, 1.807) is 0 Å². The predicted octanol–water partition coefficient (Wildman–Crippen LogP) is 3.50. The van der Waals surface area contributed by atoms with Crippen LogP contribution >= 0.6 is 0 Å². The standard InChI is InChI=1S/C15H29NO/c1-13(2)5-3-12-17-15(8-4-9-15)10-11-16-14-6-7-14/h13-14,16H,3-12H2,1-2H3. The smallest absolute Gasteiger partial charge is 0.0694 e. The number of nitrogens with one attached hydrogen (secondary N) is 1. The van der Waals surface area contributed by atoms with Crippen LogP contribution in [0.15, 0.2) is 0 Å². The fourth-order valence-electron chi connectivity index (χ4n) is 2.61. The molecule has 0 radical (unpaired) electrons. The van der Waals surface area contributed by atoms with Crippen molar-refractivity contribution in [2.24, 2.45) is 5.92 Å². The molecule has 100 valence electrons. The van der Waals surface area contributed by atoms with Gasteiger partial charge in [0.1, 0.15) is 0 Å². The summed E-state index contributed by atoms with van der Waals surface area (Å²) in [5, 5.41) is 3.61. The number of hydrogen-bond donors (Lipinski definition) is 1. The maximum atomic E-state index is 6.18. The lowest BCUT2D eigenvalue weighted by molar-refractivity contribution is -0.105. The number of ether oxygens (including phenoxy) is 1. The topological polar surface area (TPSA) is 21.3 Å². The van der Waals surface area contributed by atoms with E-state index < -0.39 is 0 Å². The minimum Gasteiger partial charge on any atom is -0.375 e. The molecule has 0 atom stereocenters. The highest BCUT2D eigenvalue weighted by Gasteiger charge is 2.37. The summed E-state index contributed by atoms with van der Waals surface area (Å²) in [5.74, 6) is 0.812. The molecular weight excluding hydrogens is 210 g/mol. The Bertz CT molecular complexity index is 219. The first kappa shape index (κ1) is 13.4. The summed E-state index contributed by atoms with van der Waals surface area (Å²) in [4.78, 5) is 0. The van der Waals surface area contributed by atoms with Crippen LogP contribution in [0.1, 0.15) is 65.2 Å². The minimum absolute atomic E-state index is 0.263. The van der Waals surface area contributed by atoms with E-state index >= 15 is 0 Å². The van der Waals surface area contributed by atoms with E-state index in [0.717, 1.165) is 25.1 Å². The Morgan fingerprint density at radius 3 is 2.59 bits per heavy atom. The van der Waals surface area contributed by atoms with Crippen molar-refractivity contribution >= 4 is 0 Å². The van der Waals surface area contributed by atoms with E-state index in [9.17, 15) is 0 Å². The molecular formula is C15H29NO. The zero-order valence-corrected chi connectivity index (χ0v) is 11.6. The zero-order valence-electron chi connectivity index (χ0n) is 11.6. The van der Waals surface area contributed by atoms with Gasteiger partial charge in [-0.25, -0.2) is 0 Å². The predicted molar refractivity (Wildman–Crippen MR) is 72.2 cm³/mol. The average molecular weight is 239 g/mol. The van der Waals surface area contributed by atoms with Gasteiger partial charge in [0.2, 0.25) is 0 Å². The lowest BCUT2D eigenvalue weighted by atomic mass is 9.77. The molecule has 0 spiro atoms. The molecule has 0 aromatic carbocycles. The van der Waals surface area contributed by atoms with Crippen molar-refractivity contribution < 1.29 is 4.74 Å². The van der Waals surface area contributed by atoms with Crippen LogP contribution in [-0.2, 0) is 4.74 Å². The molecule has 0 aliphatic heterocycles. The molecule has 2 aliphatic rings. The van der Waals surface area contributed by atoms with E-state index in [0.29, 0.717) is 0 Å². The van der Waals surface area contributed by atoms with E-state index in [2.05, 4.69) is 19.2 Å². The van der Waals surface area contributed by atoms with Crippen LogP contribution in [0.3, 0.4) is 0 Å². The fourth-order valence-corrected chi connectivity index (χ4v) is 2.61.